The van der Waals surface area contributed by atoms with Crippen LogP contribution in [0.25, 0.3) is 22.0 Å². The van der Waals surface area contributed by atoms with E-state index in [-0.39, 0.29) is 0 Å². The summed E-state index contributed by atoms with van der Waals surface area (Å²) in [6.45, 7) is 0. The van der Waals surface area contributed by atoms with Crippen molar-refractivity contribution < 1.29 is 33.0 Å². The summed E-state index contributed by atoms with van der Waals surface area (Å²) in [6, 6.07) is 14.2. The summed E-state index contributed by atoms with van der Waals surface area (Å²) in [6.07, 6.45) is -1.38. The van der Waals surface area contributed by atoms with Gasteiger partial charge in [0.25, 0.3) is 5.91 Å². The first-order chi connectivity index (χ1) is 16.0. The number of aromatic amines is 1. The second-order valence-corrected chi connectivity index (χ2v) is 7.32. The molecule has 8 nitrogen and oxygen atoms in total. The number of carboxylic acids is 1. The number of benzene rings is 2. The van der Waals surface area contributed by atoms with Crippen molar-refractivity contribution in [2.75, 3.05) is 5.32 Å². The van der Waals surface area contributed by atoms with Gasteiger partial charge in [0.15, 0.2) is 6.10 Å². The standard InChI is InChI=1S/C20H15ClN4O2.C2HF3O2/c21-16-4-1-12(2-5-16)19(26)20(27)24-17-8-14(9-22-11-17)13-3-6-18-15(7-13)10-23-25-18;3-2(4,5)1(6)7/h1-11,19,26H,(H,23,25)(H,24,27);(H,6,7). The number of fused-ring (bicyclic) bond motifs is 1. The molecule has 0 fully saturated rings. The first kappa shape index (κ1) is 24.7. The fraction of sp³-hybridized carbons (Fsp3) is 0.0909. The SMILES string of the molecule is O=C(Nc1cncc(-c2ccc3[nH]ncc3c2)c1)C(O)c1ccc(Cl)cc1.O=C(O)C(F)(F)F. The highest BCUT2D eigenvalue weighted by molar-refractivity contribution is 6.30. The van der Waals surface area contributed by atoms with Crippen molar-refractivity contribution in [3.05, 3.63) is 77.7 Å². The number of aliphatic hydroxyl groups is 1. The van der Waals surface area contributed by atoms with Crippen molar-refractivity contribution >= 4 is 40.1 Å². The average Bonchev–Trinajstić information content (AvgIpc) is 3.27. The van der Waals surface area contributed by atoms with Crippen LogP contribution in [0.15, 0.2) is 67.1 Å². The number of aliphatic carboxylic acids is 1. The van der Waals surface area contributed by atoms with Crippen LogP contribution >= 0.6 is 11.6 Å². The van der Waals surface area contributed by atoms with E-state index >= 15 is 0 Å². The second-order valence-electron chi connectivity index (χ2n) is 6.88. The van der Waals surface area contributed by atoms with E-state index in [0.29, 0.717) is 16.3 Å². The molecule has 0 radical (unpaired) electrons. The Hall–Kier alpha value is -3.96. The molecule has 12 heteroatoms. The van der Waals surface area contributed by atoms with Crippen molar-refractivity contribution in [1.82, 2.24) is 15.2 Å². The maximum atomic E-state index is 12.4. The Kier molecular flexibility index (Phi) is 7.49. The molecule has 0 saturated carbocycles. The molecule has 0 spiro atoms. The molecule has 4 aromatic rings. The minimum Gasteiger partial charge on any atom is -0.475 e. The smallest absolute Gasteiger partial charge is 0.475 e. The highest BCUT2D eigenvalue weighted by Gasteiger charge is 2.38. The van der Waals surface area contributed by atoms with Crippen LogP contribution in [0.2, 0.25) is 5.02 Å². The predicted molar refractivity (Wildman–Crippen MR) is 118 cm³/mol. The van der Waals surface area contributed by atoms with Crippen LogP contribution in [0.1, 0.15) is 11.7 Å². The van der Waals surface area contributed by atoms with E-state index in [4.69, 9.17) is 21.5 Å². The molecule has 34 heavy (non-hydrogen) atoms. The molecule has 0 aliphatic rings. The molecule has 0 saturated heterocycles. The lowest BCUT2D eigenvalue weighted by molar-refractivity contribution is -0.192. The quantitative estimate of drug-likeness (QED) is 0.330. The zero-order valence-electron chi connectivity index (χ0n) is 17.0. The summed E-state index contributed by atoms with van der Waals surface area (Å²) >= 11 is 5.83. The maximum Gasteiger partial charge on any atom is 0.490 e. The first-order valence-electron chi connectivity index (χ1n) is 9.47. The van der Waals surface area contributed by atoms with Crippen molar-refractivity contribution in [2.45, 2.75) is 12.3 Å². The van der Waals surface area contributed by atoms with E-state index in [1.807, 2.05) is 18.2 Å². The number of anilines is 1. The van der Waals surface area contributed by atoms with Gasteiger partial charge in [0.1, 0.15) is 0 Å². The molecule has 0 aliphatic heterocycles. The molecule has 1 unspecified atom stereocenters. The zero-order valence-corrected chi connectivity index (χ0v) is 17.8. The lowest BCUT2D eigenvalue weighted by Gasteiger charge is -2.12. The monoisotopic (exact) mass is 492 g/mol. The highest BCUT2D eigenvalue weighted by Crippen LogP contribution is 2.25. The number of hydrogen-bond acceptors (Lipinski definition) is 5. The molecule has 2 heterocycles. The number of pyridine rings is 1. The van der Waals surface area contributed by atoms with Crippen LogP contribution < -0.4 is 5.32 Å². The number of aliphatic hydroxyl groups excluding tert-OH is 1. The molecule has 1 amide bonds. The van der Waals surface area contributed by atoms with Crippen LogP contribution in [-0.4, -0.2) is 43.4 Å². The summed E-state index contributed by atoms with van der Waals surface area (Å²) in [5, 5.41) is 28.5. The number of hydrogen-bond donors (Lipinski definition) is 4. The lowest BCUT2D eigenvalue weighted by atomic mass is 10.1. The van der Waals surface area contributed by atoms with Gasteiger partial charge in [-0.25, -0.2) is 4.79 Å². The van der Waals surface area contributed by atoms with Gasteiger partial charge in [-0.05, 0) is 41.5 Å². The van der Waals surface area contributed by atoms with Crippen molar-refractivity contribution in [3.8, 4) is 11.1 Å². The Morgan fingerprint density at radius 2 is 1.68 bits per heavy atom. The van der Waals surface area contributed by atoms with E-state index in [2.05, 4.69) is 20.5 Å². The van der Waals surface area contributed by atoms with Gasteiger partial charge in [-0.3, -0.25) is 14.9 Å². The molecule has 2 aromatic carbocycles. The molecular formula is C22H16ClF3N4O4. The van der Waals surface area contributed by atoms with Crippen LogP contribution in [0, 0.1) is 0 Å². The third-order valence-electron chi connectivity index (χ3n) is 4.46. The van der Waals surface area contributed by atoms with Crippen LogP contribution in [-0.2, 0) is 9.59 Å². The fourth-order valence-corrected chi connectivity index (χ4v) is 2.92. The van der Waals surface area contributed by atoms with Crippen LogP contribution in [0.4, 0.5) is 18.9 Å². The highest BCUT2D eigenvalue weighted by atomic mass is 35.5. The first-order valence-corrected chi connectivity index (χ1v) is 9.85. The second kappa shape index (κ2) is 10.3. The van der Waals surface area contributed by atoms with Crippen molar-refractivity contribution in [3.63, 3.8) is 0 Å². The topological polar surface area (TPSA) is 128 Å². The number of rotatable bonds is 4. The summed E-state index contributed by atoms with van der Waals surface area (Å²) < 4.78 is 31.7. The third kappa shape index (κ3) is 6.30. The Labute approximate surface area is 195 Å². The Morgan fingerprint density at radius 1 is 1.00 bits per heavy atom. The van der Waals surface area contributed by atoms with E-state index in [1.54, 1.807) is 42.7 Å². The molecule has 1 atom stereocenters. The van der Waals surface area contributed by atoms with E-state index < -0.39 is 24.2 Å². The number of carbonyl (C=O) groups excluding carboxylic acids is 1. The number of nitrogens with one attached hydrogen (secondary N) is 2. The van der Waals surface area contributed by atoms with Gasteiger partial charge in [0, 0.05) is 22.2 Å². The van der Waals surface area contributed by atoms with Crippen LogP contribution in [0.3, 0.4) is 0 Å². The maximum absolute atomic E-state index is 12.4. The number of amides is 1. The molecule has 2 aromatic heterocycles. The number of nitrogens with zero attached hydrogens (tertiary/aromatic N) is 2. The minimum atomic E-state index is -5.08. The summed E-state index contributed by atoms with van der Waals surface area (Å²) in [7, 11) is 0. The number of H-pyrrole nitrogens is 1. The summed E-state index contributed by atoms with van der Waals surface area (Å²) in [5.74, 6) is -3.30. The Bertz CT molecular complexity index is 1310. The molecule has 4 N–H and O–H groups in total. The van der Waals surface area contributed by atoms with E-state index in [9.17, 15) is 23.1 Å². The number of aromatic nitrogens is 3. The fourth-order valence-electron chi connectivity index (χ4n) is 2.80. The van der Waals surface area contributed by atoms with Gasteiger partial charge in [0.2, 0.25) is 0 Å². The molecular weight excluding hydrogens is 477 g/mol. The number of alkyl halides is 3. The number of carbonyl (C=O) groups is 2. The van der Waals surface area contributed by atoms with E-state index in [0.717, 1.165) is 22.0 Å². The largest absolute Gasteiger partial charge is 0.490 e. The van der Waals surface area contributed by atoms with Gasteiger partial charge < -0.3 is 15.5 Å². The summed E-state index contributed by atoms with van der Waals surface area (Å²) in [5.41, 5.74) is 3.70. The van der Waals surface area contributed by atoms with Gasteiger partial charge in [-0.2, -0.15) is 18.3 Å². The van der Waals surface area contributed by atoms with Gasteiger partial charge >= 0.3 is 12.1 Å². The lowest BCUT2D eigenvalue weighted by Crippen LogP contribution is -2.21. The molecule has 176 valence electrons. The molecule has 0 aliphatic carbocycles. The summed E-state index contributed by atoms with van der Waals surface area (Å²) in [4.78, 5) is 25.4. The molecule has 0 bridgehead atoms. The Balaban J connectivity index is 0.000000406. The van der Waals surface area contributed by atoms with Gasteiger partial charge in [-0.1, -0.05) is 29.8 Å². The third-order valence-corrected chi connectivity index (χ3v) is 4.71. The van der Waals surface area contributed by atoms with E-state index in [1.165, 1.54) is 6.20 Å². The Morgan fingerprint density at radius 3 is 2.32 bits per heavy atom. The molecule has 4 rings (SSSR count). The normalized spacial score (nSPS) is 11.9. The minimum absolute atomic E-state index is 0.464. The number of carboxylic acid groups (broad SMARTS) is 1. The van der Waals surface area contributed by atoms with Crippen LogP contribution in [0.5, 0.6) is 0 Å². The van der Waals surface area contributed by atoms with Gasteiger partial charge in [0.05, 0.1) is 23.6 Å². The van der Waals surface area contributed by atoms with Crippen molar-refractivity contribution in [2.24, 2.45) is 0 Å². The van der Waals surface area contributed by atoms with Gasteiger partial charge in [-0.15, -0.1) is 0 Å². The average molecular weight is 493 g/mol. The zero-order chi connectivity index (χ0) is 24.9. The predicted octanol–water partition coefficient (Wildman–Crippen LogP) is 4.58. The number of halogens is 4. The van der Waals surface area contributed by atoms with Crippen molar-refractivity contribution in [1.29, 1.82) is 0 Å².